The first kappa shape index (κ1) is 15.4. The number of imidazole rings is 1. The maximum absolute atomic E-state index is 12.7. The van der Waals surface area contributed by atoms with Crippen LogP contribution in [0.4, 0.5) is 0 Å². The molecule has 7 heteroatoms. The fourth-order valence-electron chi connectivity index (χ4n) is 2.80. The van der Waals surface area contributed by atoms with Crippen LogP contribution in [0.2, 0.25) is 0 Å². The molecule has 0 aliphatic carbocycles. The predicted octanol–water partition coefficient (Wildman–Crippen LogP) is 0.653. The first-order valence-corrected chi connectivity index (χ1v) is 7.53. The second-order valence-corrected chi connectivity index (χ2v) is 5.63. The molecule has 3 rings (SSSR count). The number of hydrogen-bond acceptors (Lipinski definition) is 5. The molecule has 0 saturated carbocycles. The van der Waals surface area contributed by atoms with Gasteiger partial charge in [-0.2, -0.15) is 0 Å². The summed E-state index contributed by atoms with van der Waals surface area (Å²) >= 11 is 0. The molecule has 2 heterocycles. The Morgan fingerprint density at radius 3 is 2.52 bits per heavy atom. The number of piperazine rings is 1. The normalized spacial score (nSPS) is 15.8. The van der Waals surface area contributed by atoms with E-state index in [1.54, 1.807) is 17.0 Å². The van der Waals surface area contributed by atoms with Crippen LogP contribution in [0.3, 0.4) is 0 Å². The highest BCUT2D eigenvalue weighted by molar-refractivity contribution is 6.02. The summed E-state index contributed by atoms with van der Waals surface area (Å²) in [6.45, 7) is 4.13. The minimum Gasteiger partial charge on any atom is -0.343 e. The van der Waals surface area contributed by atoms with Crippen molar-refractivity contribution in [3.63, 3.8) is 0 Å². The van der Waals surface area contributed by atoms with Gasteiger partial charge in [-0.3, -0.25) is 23.9 Å². The molecule has 2 aromatic rings. The van der Waals surface area contributed by atoms with Crippen molar-refractivity contribution < 1.29 is 14.4 Å². The van der Waals surface area contributed by atoms with Gasteiger partial charge >= 0.3 is 0 Å². The summed E-state index contributed by atoms with van der Waals surface area (Å²) in [5.74, 6) is -0.244. The van der Waals surface area contributed by atoms with E-state index < -0.39 is 0 Å². The molecule has 1 saturated heterocycles. The Morgan fingerprint density at radius 2 is 1.87 bits per heavy atom. The maximum Gasteiger partial charge on any atom is 0.247 e. The van der Waals surface area contributed by atoms with Crippen LogP contribution in [0.1, 0.15) is 22.3 Å². The molecule has 1 fully saturated rings. The average molecular weight is 314 g/mol. The fourth-order valence-corrected chi connectivity index (χ4v) is 2.80. The summed E-state index contributed by atoms with van der Waals surface area (Å²) < 4.78 is 1.41. The van der Waals surface area contributed by atoms with Crippen LogP contribution in [0.25, 0.3) is 11.0 Å². The second kappa shape index (κ2) is 6.29. The van der Waals surface area contributed by atoms with Crippen molar-refractivity contribution >= 4 is 29.1 Å². The quantitative estimate of drug-likeness (QED) is 0.612. The third kappa shape index (κ3) is 3.00. The average Bonchev–Trinajstić information content (AvgIpc) is 2.95. The molecule has 0 spiro atoms. The molecule has 23 heavy (non-hydrogen) atoms. The summed E-state index contributed by atoms with van der Waals surface area (Å²) in [7, 11) is 0. The topological polar surface area (TPSA) is 75.5 Å². The molecule has 1 amide bonds. The zero-order valence-corrected chi connectivity index (χ0v) is 12.9. The fraction of sp³-hybridized carbons (Fsp3) is 0.375. The third-order valence-electron chi connectivity index (χ3n) is 4.04. The molecule has 1 aromatic heterocycles. The molecular weight excluding hydrogens is 296 g/mol. The Morgan fingerprint density at radius 1 is 1.17 bits per heavy atom. The smallest absolute Gasteiger partial charge is 0.247 e. The number of ketones is 1. The summed E-state index contributed by atoms with van der Waals surface area (Å²) in [6.07, 6.45) is 0.830. The zero-order chi connectivity index (χ0) is 16.4. The summed E-state index contributed by atoms with van der Waals surface area (Å²) in [5, 5.41) is 0. The van der Waals surface area contributed by atoms with Crippen LogP contribution in [-0.2, 0) is 4.79 Å². The highest BCUT2D eigenvalue weighted by atomic mass is 16.2. The van der Waals surface area contributed by atoms with Crippen LogP contribution >= 0.6 is 0 Å². The van der Waals surface area contributed by atoms with Gasteiger partial charge in [-0.1, -0.05) is 12.1 Å². The van der Waals surface area contributed by atoms with E-state index in [1.165, 1.54) is 11.5 Å². The number of fused-ring (bicyclic) bond motifs is 1. The third-order valence-corrected chi connectivity index (χ3v) is 4.04. The van der Waals surface area contributed by atoms with Crippen molar-refractivity contribution in [2.24, 2.45) is 0 Å². The Balaban J connectivity index is 1.84. The van der Waals surface area contributed by atoms with Gasteiger partial charge < -0.3 is 4.90 Å². The molecule has 120 valence electrons. The molecule has 1 aliphatic rings. The van der Waals surface area contributed by atoms with Gasteiger partial charge in [0, 0.05) is 33.1 Å². The van der Waals surface area contributed by atoms with E-state index in [1.807, 2.05) is 17.0 Å². The predicted molar refractivity (Wildman–Crippen MR) is 84.4 cm³/mol. The summed E-state index contributed by atoms with van der Waals surface area (Å²) in [4.78, 5) is 43.2. The summed E-state index contributed by atoms with van der Waals surface area (Å²) in [6, 6.07) is 7.22. The van der Waals surface area contributed by atoms with Crippen molar-refractivity contribution in [2.75, 3.05) is 32.7 Å². The Kier molecular flexibility index (Phi) is 4.20. The van der Waals surface area contributed by atoms with Crippen molar-refractivity contribution in [1.82, 2.24) is 19.4 Å². The van der Waals surface area contributed by atoms with Gasteiger partial charge in [0.25, 0.3) is 0 Å². The van der Waals surface area contributed by atoms with E-state index in [-0.39, 0.29) is 24.1 Å². The van der Waals surface area contributed by atoms with E-state index in [2.05, 4.69) is 4.98 Å². The number of amides is 1. The highest BCUT2D eigenvalue weighted by Crippen LogP contribution is 2.16. The van der Waals surface area contributed by atoms with Gasteiger partial charge in [0.2, 0.25) is 12.3 Å². The van der Waals surface area contributed by atoms with Crippen molar-refractivity contribution in [2.45, 2.75) is 6.92 Å². The van der Waals surface area contributed by atoms with Gasteiger partial charge in [0.05, 0.1) is 17.6 Å². The molecule has 0 unspecified atom stereocenters. The standard InChI is InChI=1S/C16H18N4O3/c1-12(22)16-17-13-4-2-3-5-14(13)20(16)15(23)10-18-6-8-19(11-21)9-7-18/h2-5,11H,6-10H2,1H3. The van der Waals surface area contributed by atoms with E-state index in [4.69, 9.17) is 0 Å². The van der Waals surface area contributed by atoms with Gasteiger partial charge in [-0.25, -0.2) is 4.98 Å². The molecule has 0 N–H and O–H groups in total. The van der Waals surface area contributed by atoms with E-state index in [9.17, 15) is 14.4 Å². The second-order valence-electron chi connectivity index (χ2n) is 5.63. The Labute approximate surface area is 133 Å². The minimum atomic E-state index is -0.236. The monoisotopic (exact) mass is 314 g/mol. The first-order valence-electron chi connectivity index (χ1n) is 7.53. The number of carbonyl (C=O) groups excluding carboxylic acids is 3. The molecule has 7 nitrogen and oxygen atoms in total. The van der Waals surface area contributed by atoms with Crippen LogP contribution in [0.15, 0.2) is 24.3 Å². The van der Waals surface area contributed by atoms with Crippen LogP contribution in [-0.4, -0.2) is 70.2 Å². The molecule has 0 atom stereocenters. The first-order chi connectivity index (χ1) is 11.1. The number of aromatic nitrogens is 2. The Hall–Kier alpha value is -2.54. The van der Waals surface area contributed by atoms with E-state index >= 15 is 0 Å². The molecule has 0 radical (unpaired) electrons. The van der Waals surface area contributed by atoms with Gasteiger partial charge in [-0.15, -0.1) is 0 Å². The number of carbonyl (C=O) groups is 3. The number of para-hydroxylation sites is 2. The minimum absolute atomic E-state index is 0.169. The van der Waals surface area contributed by atoms with Gasteiger partial charge in [-0.05, 0) is 12.1 Å². The summed E-state index contributed by atoms with van der Waals surface area (Å²) in [5.41, 5.74) is 1.28. The van der Waals surface area contributed by atoms with Crippen LogP contribution in [0.5, 0.6) is 0 Å². The van der Waals surface area contributed by atoms with Crippen molar-refractivity contribution in [1.29, 1.82) is 0 Å². The lowest BCUT2D eigenvalue weighted by Crippen LogP contribution is -2.48. The Bertz CT molecular complexity index is 760. The molecular formula is C16H18N4O3. The largest absolute Gasteiger partial charge is 0.343 e. The zero-order valence-electron chi connectivity index (χ0n) is 12.9. The van der Waals surface area contributed by atoms with Crippen LogP contribution < -0.4 is 0 Å². The van der Waals surface area contributed by atoms with Crippen LogP contribution in [0, 0.1) is 0 Å². The number of rotatable bonds is 4. The lowest BCUT2D eigenvalue weighted by atomic mass is 10.3. The number of nitrogens with zero attached hydrogens (tertiary/aromatic N) is 4. The van der Waals surface area contributed by atoms with Gasteiger partial charge in [0.15, 0.2) is 11.6 Å². The van der Waals surface area contributed by atoms with Crippen molar-refractivity contribution in [3.8, 4) is 0 Å². The van der Waals surface area contributed by atoms with E-state index in [0.29, 0.717) is 37.2 Å². The van der Waals surface area contributed by atoms with Gasteiger partial charge in [0.1, 0.15) is 0 Å². The number of benzene rings is 1. The highest BCUT2D eigenvalue weighted by Gasteiger charge is 2.23. The lowest BCUT2D eigenvalue weighted by Gasteiger charge is -2.31. The lowest BCUT2D eigenvalue weighted by molar-refractivity contribution is -0.119. The SMILES string of the molecule is CC(=O)c1nc2ccccc2n1C(=O)CN1CCN(C=O)CC1. The molecule has 1 aliphatic heterocycles. The maximum atomic E-state index is 12.7. The van der Waals surface area contributed by atoms with E-state index in [0.717, 1.165) is 6.41 Å². The molecule has 0 bridgehead atoms. The number of hydrogen-bond donors (Lipinski definition) is 0. The van der Waals surface area contributed by atoms with Crippen molar-refractivity contribution in [3.05, 3.63) is 30.1 Å². The molecule has 1 aromatic carbocycles. The number of Topliss-reactive ketones (excluding diaryl/α,β-unsaturated/α-hetero) is 1.